The molecule has 102 valence electrons. The smallest absolute Gasteiger partial charge is 0.123 e. The SMILES string of the molecule is CCCCN(CCO)CC(O)c1ccc(F)cc1. The lowest BCUT2D eigenvalue weighted by Gasteiger charge is -2.24. The number of halogens is 1. The van der Waals surface area contributed by atoms with E-state index in [0.29, 0.717) is 18.7 Å². The molecule has 1 atom stereocenters. The molecular weight excluding hydrogens is 233 g/mol. The van der Waals surface area contributed by atoms with Gasteiger partial charge in [-0.1, -0.05) is 25.5 Å². The van der Waals surface area contributed by atoms with Crippen LogP contribution in [0.25, 0.3) is 0 Å². The molecule has 3 nitrogen and oxygen atoms in total. The molecule has 0 spiro atoms. The van der Waals surface area contributed by atoms with Crippen molar-refractivity contribution in [3.8, 4) is 0 Å². The van der Waals surface area contributed by atoms with Gasteiger partial charge in [0.25, 0.3) is 0 Å². The number of aliphatic hydroxyl groups excluding tert-OH is 2. The largest absolute Gasteiger partial charge is 0.395 e. The fraction of sp³-hybridized carbons (Fsp3) is 0.571. The second-order valence-electron chi connectivity index (χ2n) is 4.45. The van der Waals surface area contributed by atoms with Gasteiger partial charge in [0.1, 0.15) is 5.82 Å². The minimum Gasteiger partial charge on any atom is -0.395 e. The second-order valence-corrected chi connectivity index (χ2v) is 4.45. The van der Waals surface area contributed by atoms with Crippen LogP contribution in [-0.4, -0.2) is 41.4 Å². The summed E-state index contributed by atoms with van der Waals surface area (Å²) in [6.45, 7) is 4.06. The standard InChI is InChI=1S/C14H22FNO2/c1-2-3-8-16(9-10-17)11-14(18)12-4-6-13(15)7-5-12/h4-7,14,17-18H,2-3,8-11H2,1H3. The predicted octanol–water partition coefficient (Wildman–Crippen LogP) is 1.95. The van der Waals surface area contributed by atoms with Gasteiger partial charge in [-0.3, -0.25) is 4.90 Å². The molecule has 0 aliphatic carbocycles. The first-order chi connectivity index (χ1) is 8.67. The summed E-state index contributed by atoms with van der Waals surface area (Å²) in [4.78, 5) is 2.03. The first-order valence-corrected chi connectivity index (χ1v) is 6.44. The van der Waals surface area contributed by atoms with Crippen LogP contribution >= 0.6 is 0 Å². The lowest BCUT2D eigenvalue weighted by atomic mass is 10.1. The van der Waals surface area contributed by atoms with Crippen LogP contribution < -0.4 is 0 Å². The Hall–Kier alpha value is -0.970. The van der Waals surface area contributed by atoms with Crippen molar-refractivity contribution in [3.63, 3.8) is 0 Å². The molecule has 1 aromatic carbocycles. The van der Waals surface area contributed by atoms with Gasteiger partial charge >= 0.3 is 0 Å². The van der Waals surface area contributed by atoms with E-state index in [0.717, 1.165) is 19.4 Å². The molecule has 0 radical (unpaired) electrons. The van der Waals surface area contributed by atoms with Crippen molar-refractivity contribution in [1.82, 2.24) is 4.90 Å². The van der Waals surface area contributed by atoms with E-state index >= 15 is 0 Å². The lowest BCUT2D eigenvalue weighted by Crippen LogP contribution is -2.32. The molecule has 2 N–H and O–H groups in total. The van der Waals surface area contributed by atoms with Gasteiger partial charge in [0, 0.05) is 13.1 Å². The Morgan fingerprint density at radius 3 is 2.44 bits per heavy atom. The number of unbranched alkanes of at least 4 members (excludes halogenated alkanes) is 1. The van der Waals surface area contributed by atoms with E-state index < -0.39 is 6.10 Å². The van der Waals surface area contributed by atoms with Gasteiger partial charge in [0.05, 0.1) is 12.7 Å². The molecule has 18 heavy (non-hydrogen) atoms. The molecule has 0 bridgehead atoms. The number of hydrogen-bond donors (Lipinski definition) is 2. The minimum absolute atomic E-state index is 0.0832. The number of aliphatic hydroxyl groups is 2. The summed E-state index contributed by atoms with van der Waals surface area (Å²) in [5.74, 6) is -0.302. The molecule has 1 unspecified atom stereocenters. The van der Waals surface area contributed by atoms with Crippen molar-refractivity contribution in [2.75, 3.05) is 26.2 Å². The topological polar surface area (TPSA) is 43.7 Å². The molecule has 0 fully saturated rings. The van der Waals surface area contributed by atoms with Gasteiger partial charge in [0.2, 0.25) is 0 Å². The maximum Gasteiger partial charge on any atom is 0.123 e. The minimum atomic E-state index is -0.644. The van der Waals surface area contributed by atoms with Crippen molar-refractivity contribution in [2.24, 2.45) is 0 Å². The van der Waals surface area contributed by atoms with Crippen molar-refractivity contribution in [3.05, 3.63) is 35.6 Å². The van der Waals surface area contributed by atoms with E-state index in [1.165, 1.54) is 12.1 Å². The number of benzene rings is 1. The highest BCUT2D eigenvalue weighted by Crippen LogP contribution is 2.15. The van der Waals surface area contributed by atoms with Gasteiger partial charge in [-0.05, 0) is 30.7 Å². The van der Waals surface area contributed by atoms with Crippen molar-refractivity contribution in [2.45, 2.75) is 25.9 Å². The van der Waals surface area contributed by atoms with Crippen LogP contribution in [0.15, 0.2) is 24.3 Å². The molecule has 0 saturated heterocycles. The average Bonchev–Trinajstić information content (AvgIpc) is 2.37. The summed E-state index contributed by atoms with van der Waals surface area (Å²) in [5.41, 5.74) is 0.704. The van der Waals surface area contributed by atoms with Gasteiger partial charge < -0.3 is 10.2 Å². The summed E-state index contributed by atoms with van der Waals surface area (Å²) in [6, 6.07) is 5.88. The lowest BCUT2D eigenvalue weighted by molar-refractivity contribution is 0.0989. The summed E-state index contributed by atoms with van der Waals surface area (Å²) < 4.78 is 12.8. The van der Waals surface area contributed by atoms with Crippen molar-refractivity contribution >= 4 is 0 Å². The fourth-order valence-corrected chi connectivity index (χ4v) is 1.85. The van der Waals surface area contributed by atoms with Crippen LogP contribution in [0, 0.1) is 5.82 Å². The molecule has 0 aliphatic rings. The van der Waals surface area contributed by atoms with Gasteiger partial charge in [-0.25, -0.2) is 4.39 Å². The third-order valence-corrected chi connectivity index (χ3v) is 2.93. The van der Waals surface area contributed by atoms with Gasteiger partial charge in [0.15, 0.2) is 0 Å². The maximum atomic E-state index is 12.8. The van der Waals surface area contributed by atoms with E-state index in [9.17, 15) is 9.50 Å². The molecule has 0 aliphatic heterocycles. The Balaban J connectivity index is 2.53. The normalized spacial score (nSPS) is 12.9. The summed E-state index contributed by atoms with van der Waals surface area (Å²) >= 11 is 0. The fourth-order valence-electron chi connectivity index (χ4n) is 1.85. The highest BCUT2D eigenvalue weighted by Gasteiger charge is 2.12. The summed E-state index contributed by atoms with van der Waals surface area (Å²) in [6.07, 6.45) is 1.47. The Bertz CT molecular complexity index is 329. The zero-order chi connectivity index (χ0) is 13.4. The molecule has 0 heterocycles. The Kier molecular flexibility index (Phi) is 6.86. The van der Waals surface area contributed by atoms with Crippen LogP contribution in [0.2, 0.25) is 0 Å². The zero-order valence-corrected chi connectivity index (χ0v) is 10.8. The van der Waals surface area contributed by atoms with Crippen LogP contribution in [0.3, 0.4) is 0 Å². The van der Waals surface area contributed by atoms with Gasteiger partial charge in [-0.2, -0.15) is 0 Å². The Labute approximate surface area is 108 Å². The monoisotopic (exact) mass is 255 g/mol. The van der Waals surface area contributed by atoms with E-state index in [-0.39, 0.29) is 12.4 Å². The number of nitrogens with zero attached hydrogens (tertiary/aromatic N) is 1. The van der Waals surface area contributed by atoms with Crippen LogP contribution in [0.1, 0.15) is 31.4 Å². The Morgan fingerprint density at radius 1 is 1.22 bits per heavy atom. The van der Waals surface area contributed by atoms with Crippen molar-refractivity contribution < 1.29 is 14.6 Å². The van der Waals surface area contributed by atoms with Crippen LogP contribution in [0.4, 0.5) is 4.39 Å². The third-order valence-electron chi connectivity index (χ3n) is 2.93. The molecule has 1 rings (SSSR count). The van der Waals surface area contributed by atoms with E-state index in [1.54, 1.807) is 12.1 Å². The second kappa shape index (κ2) is 8.19. The van der Waals surface area contributed by atoms with Crippen molar-refractivity contribution in [1.29, 1.82) is 0 Å². The van der Waals surface area contributed by atoms with Crippen LogP contribution in [-0.2, 0) is 0 Å². The predicted molar refractivity (Wildman–Crippen MR) is 69.8 cm³/mol. The summed E-state index contributed by atoms with van der Waals surface area (Å²) in [7, 11) is 0. The molecule has 0 amide bonds. The molecule has 1 aromatic rings. The third kappa shape index (κ3) is 5.12. The molecule has 4 heteroatoms. The molecule has 0 aromatic heterocycles. The molecule has 0 saturated carbocycles. The average molecular weight is 255 g/mol. The molecular formula is C14H22FNO2. The van der Waals surface area contributed by atoms with E-state index in [4.69, 9.17) is 5.11 Å². The first kappa shape index (κ1) is 15.1. The maximum absolute atomic E-state index is 12.8. The first-order valence-electron chi connectivity index (χ1n) is 6.44. The van der Waals surface area contributed by atoms with Crippen LogP contribution in [0.5, 0.6) is 0 Å². The quantitative estimate of drug-likeness (QED) is 0.746. The zero-order valence-electron chi connectivity index (χ0n) is 10.8. The van der Waals surface area contributed by atoms with E-state index in [2.05, 4.69) is 6.92 Å². The van der Waals surface area contributed by atoms with Gasteiger partial charge in [-0.15, -0.1) is 0 Å². The Morgan fingerprint density at radius 2 is 1.89 bits per heavy atom. The summed E-state index contributed by atoms with van der Waals surface area (Å²) in [5, 5.41) is 19.0. The highest BCUT2D eigenvalue weighted by atomic mass is 19.1. The highest BCUT2D eigenvalue weighted by molar-refractivity contribution is 5.18. The van der Waals surface area contributed by atoms with E-state index in [1.807, 2.05) is 4.90 Å². The number of hydrogen-bond acceptors (Lipinski definition) is 3. The number of rotatable bonds is 8.